The standard InChI is InChI=1S/C15H12N2O/c1-10-4-2-5-11(8-10)13-9-12-6-3-7-16-14(12)17-15(13)18/h2-9H,1H3,(H,16,17,18). The number of aryl methyl sites for hydroxylation is 1. The largest absolute Gasteiger partial charge is 0.306 e. The molecule has 0 saturated heterocycles. The molecule has 3 heteroatoms. The first-order chi connectivity index (χ1) is 8.74. The smallest absolute Gasteiger partial charge is 0.257 e. The fourth-order valence-corrected chi connectivity index (χ4v) is 2.06. The summed E-state index contributed by atoms with van der Waals surface area (Å²) in [6, 6.07) is 13.6. The zero-order valence-corrected chi connectivity index (χ0v) is 9.97. The monoisotopic (exact) mass is 236 g/mol. The molecule has 0 amide bonds. The van der Waals surface area contributed by atoms with Crippen molar-refractivity contribution >= 4 is 11.0 Å². The van der Waals surface area contributed by atoms with E-state index in [0.29, 0.717) is 11.2 Å². The summed E-state index contributed by atoms with van der Waals surface area (Å²) in [5.74, 6) is 0. The second-order valence-corrected chi connectivity index (χ2v) is 4.32. The first kappa shape index (κ1) is 10.7. The summed E-state index contributed by atoms with van der Waals surface area (Å²) in [5.41, 5.74) is 3.27. The molecule has 0 spiro atoms. The van der Waals surface area contributed by atoms with Crippen molar-refractivity contribution in [2.75, 3.05) is 0 Å². The molecule has 3 aromatic rings. The van der Waals surface area contributed by atoms with Gasteiger partial charge in [-0.1, -0.05) is 29.8 Å². The summed E-state index contributed by atoms with van der Waals surface area (Å²) >= 11 is 0. The number of hydrogen-bond acceptors (Lipinski definition) is 2. The Balaban J connectivity index is 2.29. The van der Waals surface area contributed by atoms with Crippen LogP contribution < -0.4 is 5.56 Å². The van der Waals surface area contributed by atoms with E-state index in [2.05, 4.69) is 9.97 Å². The predicted octanol–water partition coefficient (Wildman–Crippen LogP) is 2.90. The number of aromatic amines is 1. The van der Waals surface area contributed by atoms with Gasteiger partial charge in [-0.2, -0.15) is 0 Å². The molecule has 0 aliphatic rings. The van der Waals surface area contributed by atoms with Crippen LogP contribution in [-0.4, -0.2) is 9.97 Å². The average Bonchev–Trinajstić information content (AvgIpc) is 2.38. The first-order valence-electron chi connectivity index (χ1n) is 5.79. The molecule has 0 bridgehead atoms. The van der Waals surface area contributed by atoms with E-state index in [1.165, 1.54) is 0 Å². The lowest BCUT2D eigenvalue weighted by molar-refractivity contribution is 1.23. The van der Waals surface area contributed by atoms with Gasteiger partial charge in [-0.3, -0.25) is 4.79 Å². The molecule has 3 nitrogen and oxygen atoms in total. The van der Waals surface area contributed by atoms with Crippen molar-refractivity contribution in [2.24, 2.45) is 0 Å². The maximum atomic E-state index is 12.0. The molecule has 0 radical (unpaired) electrons. The highest BCUT2D eigenvalue weighted by Gasteiger charge is 2.05. The molecule has 3 rings (SSSR count). The quantitative estimate of drug-likeness (QED) is 0.706. The van der Waals surface area contributed by atoms with Crippen LogP contribution in [0.4, 0.5) is 0 Å². The van der Waals surface area contributed by atoms with E-state index in [-0.39, 0.29) is 5.56 Å². The molecule has 0 unspecified atom stereocenters. The van der Waals surface area contributed by atoms with E-state index >= 15 is 0 Å². The van der Waals surface area contributed by atoms with Gasteiger partial charge in [-0.25, -0.2) is 4.98 Å². The molecule has 0 fully saturated rings. The van der Waals surface area contributed by atoms with Crippen molar-refractivity contribution in [3.8, 4) is 11.1 Å². The summed E-state index contributed by atoms with van der Waals surface area (Å²) in [6.45, 7) is 2.01. The van der Waals surface area contributed by atoms with E-state index in [1.54, 1.807) is 6.20 Å². The number of H-pyrrole nitrogens is 1. The zero-order chi connectivity index (χ0) is 12.5. The van der Waals surface area contributed by atoms with E-state index in [4.69, 9.17) is 0 Å². The Morgan fingerprint density at radius 2 is 2.00 bits per heavy atom. The third-order valence-electron chi connectivity index (χ3n) is 2.94. The summed E-state index contributed by atoms with van der Waals surface area (Å²) in [6.07, 6.45) is 1.67. The molecule has 88 valence electrons. The third kappa shape index (κ3) is 1.80. The van der Waals surface area contributed by atoms with Crippen molar-refractivity contribution in [3.63, 3.8) is 0 Å². The van der Waals surface area contributed by atoms with E-state index in [0.717, 1.165) is 16.5 Å². The van der Waals surface area contributed by atoms with Crippen LogP contribution in [-0.2, 0) is 0 Å². The number of aromatic nitrogens is 2. The van der Waals surface area contributed by atoms with Crippen LogP contribution in [0.25, 0.3) is 22.2 Å². The number of benzene rings is 1. The SMILES string of the molecule is Cc1cccc(-c2cc3cccnc3[nH]c2=O)c1. The number of rotatable bonds is 1. The Hall–Kier alpha value is -2.42. The van der Waals surface area contributed by atoms with Crippen LogP contribution in [0, 0.1) is 6.92 Å². The van der Waals surface area contributed by atoms with Gasteiger partial charge >= 0.3 is 0 Å². The summed E-state index contributed by atoms with van der Waals surface area (Å²) < 4.78 is 0. The van der Waals surface area contributed by atoms with Crippen molar-refractivity contribution in [3.05, 3.63) is 64.6 Å². The van der Waals surface area contributed by atoms with Crippen molar-refractivity contribution in [2.45, 2.75) is 6.92 Å². The van der Waals surface area contributed by atoms with Crippen molar-refractivity contribution < 1.29 is 0 Å². The van der Waals surface area contributed by atoms with E-state index in [9.17, 15) is 4.79 Å². The van der Waals surface area contributed by atoms with Crippen LogP contribution in [0.3, 0.4) is 0 Å². The highest BCUT2D eigenvalue weighted by Crippen LogP contribution is 2.19. The third-order valence-corrected chi connectivity index (χ3v) is 2.94. The van der Waals surface area contributed by atoms with Gasteiger partial charge in [0.1, 0.15) is 5.65 Å². The summed E-state index contributed by atoms with van der Waals surface area (Å²) in [7, 11) is 0. The van der Waals surface area contributed by atoms with Crippen LogP contribution >= 0.6 is 0 Å². The second kappa shape index (κ2) is 4.11. The van der Waals surface area contributed by atoms with Gasteiger partial charge in [-0.15, -0.1) is 0 Å². The molecule has 0 aliphatic carbocycles. The average molecular weight is 236 g/mol. The fraction of sp³-hybridized carbons (Fsp3) is 0.0667. The van der Waals surface area contributed by atoms with Crippen LogP contribution in [0.15, 0.2) is 53.5 Å². The Bertz CT molecular complexity index is 775. The zero-order valence-electron chi connectivity index (χ0n) is 9.97. The van der Waals surface area contributed by atoms with Crippen LogP contribution in [0.5, 0.6) is 0 Å². The topological polar surface area (TPSA) is 45.8 Å². The van der Waals surface area contributed by atoms with Crippen LogP contribution in [0.2, 0.25) is 0 Å². The Morgan fingerprint density at radius 3 is 2.83 bits per heavy atom. The minimum atomic E-state index is -0.105. The lowest BCUT2D eigenvalue weighted by atomic mass is 10.0. The Labute approximate surface area is 104 Å². The maximum absolute atomic E-state index is 12.0. The highest BCUT2D eigenvalue weighted by atomic mass is 16.1. The molecule has 18 heavy (non-hydrogen) atoms. The Morgan fingerprint density at radius 1 is 1.11 bits per heavy atom. The van der Waals surface area contributed by atoms with Crippen molar-refractivity contribution in [1.82, 2.24) is 9.97 Å². The lowest BCUT2D eigenvalue weighted by Crippen LogP contribution is -2.09. The molecule has 0 aliphatic heterocycles. The minimum Gasteiger partial charge on any atom is -0.306 e. The summed E-state index contributed by atoms with van der Waals surface area (Å²) in [4.78, 5) is 19.0. The number of pyridine rings is 2. The maximum Gasteiger partial charge on any atom is 0.257 e. The van der Waals surface area contributed by atoms with Gasteiger partial charge in [0, 0.05) is 17.1 Å². The molecule has 0 saturated carbocycles. The van der Waals surface area contributed by atoms with Gasteiger partial charge in [0.05, 0.1) is 0 Å². The molecule has 1 aromatic carbocycles. The number of nitrogens with zero attached hydrogens (tertiary/aromatic N) is 1. The lowest BCUT2D eigenvalue weighted by Gasteiger charge is -2.03. The van der Waals surface area contributed by atoms with Crippen molar-refractivity contribution in [1.29, 1.82) is 0 Å². The predicted molar refractivity (Wildman–Crippen MR) is 72.5 cm³/mol. The normalized spacial score (nSPS) is 10.7. The van der Waals surface area contributed by atoms with Crippen LogP contribution in [0.1, 0.15) is 5.56 Å². The number of nitrogens with one attached hydrogen (secondary N) is 1. The molecule has 0 atom stereocenters. The Kier molecular flexibility index (Phi) is 2.45. The molecule has 2 aromatic heterocycles. The molecular formula is C15H12N2O. The molecule has 2 heterocycles. The molecular weight excluding hydrogens is 224 g/mol. The fourth-order valence-electron chi connectivity index (χ4n) is 2.06. The number of hydrogen-bond donors (Lipinski definition) is 1. The first-order valence-corrected chi connectivity index (χ1v) is 5.79. The van der Waals surface area contributed by atoms with Gasteiger partial charge in [0.2, 0.25) is 0 Å². The number of fused-ring (bicyclic) bond motifs is 1. The highest BCUT2D eigenvalue weighted by molar-refractivity contribution is 5.80. The minimum absolute atomic E-state index is 0.105. The van der Waals surface area contributed by atoms with Gasteiger partial charge in [0.15, 0.2) is 0 Å². The van der Waals surface area contributed by atoms with E-state index < -0.39 is 0 Å². The van der Waals surface area contributed by atoms with Gasteiger partial charge < -0.3 is 4.98 Å². The van der Waals surface area contributed by atoms with E-state index in [1.807, 2.05) is 49.4 Å². The second-order valence-electron chi connectivity index (χ2n) is 4.32. The van der Waals surface area contributed by atoms with Gasteiger partial charge in [0.25, 0.3) is 5.56 Å². The summed E-state index contributed by atoms with van der Waals surface area (Å²) in [5, 5.41) is 0.939. The van der Waals surface area contributed by atoms with Gasteiger partial charge in [-0.05, 0) is 30.7 Å². The molecule has 1 N–H and O–H groups in total.